The predicted octanol–water partition coefficient (Wildman–Crippen LogP) is 3.34. The van der Waals surface area contributed by atoms with Crippen LogP contribution in [0.25, 0.3) is 11.4 Å². The lowest BCUT2D eigenvalue weighted by atomic mass is 10.1. The largest absolute Gasteiger partial charge is 0.444 e. The average molecular weight is 554 g/mol. The molecule has 2 aliphatic rings. The van der Waals surface area contributed by atoms with E-state index < -0.39 is 5.60 Å². The molecule has 2 unspecified atom stereocenters. The van der Waals surface area contributed by atoms with Crippen LogP contribution in [-0.2, 0) is 4.74 Å². The minimum atomic E-state index is -0.488. The van der Waals surface area contributed by atoms with Crippen molar-refractivity contribution in [2.75, 3.05) is 32.7 Å². The fourth-order valence-corrected chi connectivity index (χ4v) is 3.69. The van der Waals surface area contributed by atoms with E-state index in [4.69, 9.17) is 9.26 Å². The molecule has 1 fully saturated rings. The summed E-state index contributed by atoms with van der Waals surface area (Å²) in [5.74, 6) is 2.09. The van der Waals surface area contributed by atoms with Gasteiger partial charge in [0.15, 0.2) is 5.96 Å². The van der Waals surface area contributed by atoms with Gasteiger partial charge in [-0.2, -0.15) is 4.98 Å². The van der Waals surface area contributed by atoms with Crippen molar-refractivity contribution in [3.63, 3.8) is 0 Å². The van der Waals surface area contributed by atoms with Gasteiger partial charge in [-0.15, -0.1) is 24.0 Å². The minimum Gasteiger partial charge on any atom is -0.444 e. The van der Waals surface area contributed by atoms with Crippen LogP contribution in [0.15, 0.2) is 39.8 Å². The molecule has 0 bridgehead atoms. The van der Waals surface area contributed by atoms with Gasteiger partial charge in [0.05, 0.1) is 18.5 Å². The minimum absolute atomic E-state index is 0. The maximum Gasteiger partial charge on any atom is 0.410 e. The monoisotopic (exact) mass is 554 g/mol. The molecule has 0 aliphatic carbocycles. The smallest absolute Gasteiger partial charge is 0.410 e. The summed E-state index contributed by atoms with van der Waals surface area (Å²) in [6.45, 7) is 10.9. The maximum atomic E-state index is 12.4. The number of rotatable bonds is 4. The molecule has 1 amide bonds. The highest BCUT2D eigenvalue weighted by molar-refractivity contribution is 14.0. The van der Waals surface area contributed by atoms with Gasteiger partial charge in [0.25, 0.3) is 0 Å². The maximum absolute atomic E-state index is 12.4. The summed E-state index contributed by atoms with van der Waals surface area (Å²) >= 11 is 0. The third-order valence-electron chi connectivity index (χ3n) is 5.32. The van der Waals surface area contributed by atoms with E-state index in [0.717, 1.165) is 18.1 Å². The molecule has 3 heterocycles. The van der Waals surface area contributed by atoms with Gasteiger partial charge < -0.3 is 24.4 Å². The van der Waals surface area contributed by atoms with Crippen molar-refractivity contribution >= 4 is 36.0 Å². The predicted molar refractivity (Wildman–Crippen MR) is 132 cm³/mol. The van der Waals surface area contributed by atoms with Crippen molar-refractivity contribution in [3.8, 4) is 11.4 Å². The van der Waals surface area contributed by atoms with E-state index in [2.05, 4.69) is 25.3 Å². The summed E-state index contributed by atoms with van der Waals surface area (Å²) in [6, 6.07) is 9.96. The number of guanidine groups is 1. The van der Waals surface area contributed by atoms with Crippen molar-refractivity contribution in [2.45, 2.75) is 45.3 Å². The Balaban J connectivity index is 0.00000289. The van der Waals surface area contributed by atoms with E-state index in [9.17, 15) is 4.79 Å². The van der Waals surface area contributed by atoms with Gasteiger partial charge >= 0.3 is 6.09 Å². The summed E-state index contributed by atoms with van der Waals surface area (Å²) in [6.07, 6.45) is -0.257. The highest BCUT2D eigenvalue weighted by Gasteiger charge is 2.36. The van der Waals surface area contributed by atoms with Gasteiger partial charge in [-0.3, -0.25) is 4.99 Å². The van der Waals surface area contributed by atoms with Gasteiger partial charge in [0, 0.05) is 31.7 Å². The summed E-state index contributed by atoms with van der Waals surface area (Å²) in [7, 11) is 0. The lowest BCUT2D eigenvalue weighted by Gasteiger charge is -2.39. The van der Waals surface area contributed by atoms with Crippen LogP contribution in [0.4, 0.5) is 4.79 Å². The van der Waals surface area contributed by atoms with Crippen LogP contribution in [0.2, 0.25) is 0 Å². The number of halogens is 1. The number of carbonyl (C=O) groups is 1. The second-order valence-electron chi connectivity index (χ2n) is 9.04. The van der Waals surface area contributed by atoms with Crippen molar-refractivity contribution in [3.05, 3.63) is 36.2 Å². The molecule has 1 aromatic carbocycles. The average Bonchev–Trinajstić information content (AvgIpc) is 3.38. The first kappa shape index (κ1) is 24.3. The van der Waals surface area contributed by atoms with E-state index in [1.807, 2.05) is 58.0 Å². The zero-order valence-electron chi connectivity index (χ0n) is 18.9. The highest BCUT2D eigenvalue weighted by Crippen LogP contribution is 2.21. The number of amides is 1. The molecule has 2 aliphatic heterocycles. The number of nitrogens with one attached hydrogen (secondary N) is 1. The number of nitrogens with zero attached hydrogens (tertiary/aromatic N) is 5. The Labute approximate surface area is 205 Å². The van der Waals surface area contributed by atoms with Crippen molar-refractivity contribution in [1.29, 1.82) is 0 Å². The van der Waals surface area contributed by atoms with Crippen LogP contribution in [0.5, 0.6) is 0 Å². The molecule has 32 heavy (non-hydrogen) atoms. The van der Waals surface area contributed by atoms with E-state index in [1.165, 1.54) is 0 Å². The molecule has 0 radical (unpaired) electrons. The summed E-state index contributed by atoms with van der Waals surface area (Å²) in [5.41, 5.74) is 0.446. The Hall–Kier alpha value is -2.37. The number of hydrogen-bond acceptors (Lipinski definition) is 8. The SMILES string of the molecule is CC(CNC1=NCC2CN(C(=O)OC(C)(C)C)CCN12)c1nc(-c2ccccc2)no1.I. The van der Waals surface area contributed by atoms with Crippen molar-refractivity contribution in [1.82, 2.24) is 25.3 Å². The van der Waals surface area contributed by atoms with E-state index in [-0.39, 0.29) is 42.0 Å². The first-order valence-electron chi connectivity index (χ1n) is 10.7. The van der Waals surface area contributed by atoms with Crippen LogP contribution < -0.4 is 5.32 Å². The molecule has 9 nitrogen and oxygen atoms in total. The fourth-order valence-electron chi connectivity index (χ4n) is 3.69. The van der Waals surface area contributed by atoms with Crippen molar-refractivity contribution in [2.24, 2.45) is 4.99 Å². The number of aliphatic imine (C=N–C) groups is 1. The van der Waals surface area contributed by atoms with Gasteiger partial charge in [-0.25, -0.2) is 4.79 Å². The quantitative estimate of drug-likeness (QED) is 0.580. The summed E-state index contributed by atoms with van der Waals surface area (Å²) in [4.78, 5) is 25.6. The molecule has 2 atom stereocenters. The normalized spacial score (nSPS) is 19.0. The van der Waals surface area contributed by atoms with E-state index in [1.54, 1.807) is 4.90 Å². The van der Waals surface area contributed by atoms with Gasteiger partial charge in [-0.1, -0.05) is 42.4 Å². The van der Waals surface area contributed by atoms with Crippen LogP contribution in [0.3, 0.4) is 0 Å². The first-order valence-corrected chi connectivity index (χ1v) is 10.7. The molecule has 1 saturated heterocycles. The molecule has 0 spiro atoms. The number of hydrogen-bond donors (Lipinski definition) is 1. The summed E-state index contributed by atoms with van der Waals surface area (Å²) < 4.78 is 11.0. The zero-order chi connectivity index (χ0) is 22.0. The first-order chi connectivity index (χ1) is 14.8. The Morgan fingerprint density at radius 2 is 2.03 bits per heavy atom. The fraction of sp³-hybridized carbons (Fsp3) is 0.545. The number of carbonyl (C=O) groups excluding carboxylic acids is 1. The third-order valence-corrected chi connectivity index (χ3v) is 5.32. The molecular formula is C22H31IN6O3. The number of aromatic nitrogens is 2. The molecule has 0 saturated carbocycles. The highest BCUT2D eigenvalue weighted by atomic mass is 127. The second kappa shape index (κ2) is 10.1. The lowest BCUT2D eigenvalue weighted by Crippen LogP contribution is -2.57. The molecule has 174 valence electrons. The van der Waals surface area contributed by atoms with Crippen LogP contribution in [0.1, 0.15) is 39.5 Å². The summed E-state index contributed by atoms with van der Waals surface area (Å²) in [5, 5.41) is 7.52. The van der Waals surface area contributed by atoms with Crippen LogP contribution in [-0.4, -0.2) is 76.4 Å². The number of fused-ring (bicyclic) bond motifs is 1. The molecule has 4 rings (SSSR count). The lowest BCUT2D eigenvalue weighted by molar-refractivity contribution is 0.0137. The van der Waals surface area contributed by atoms with Gasteiger partial charge in [0.2, 0.25) is 11.7 Å². The molecule has 1 aromatic heterocycles. The van der Waals surface area contributed by atoms with Gasteiger partial charge in [-0.05, 0) is 20.8 Å². The van der Waals surface area contributed by atoms with Crippen LogP contribution >= 0.6 is 24.0 Å². The Morgan fingerprint density at radius 1 is 1.28 bits per heavy atom. The second-order valence-corrected chi connectivity index (χ2v) is 9.04. The number of benzene rings is 1. The van der Waals surface area contributed by atoms with E-state index >= 15 is 0 Å². The standard InChI is InChI=1S/C22H30N6O3.HI/c1-15(19-25-18(26-31-19)16-8-6-5-7-9-16)12-23-20-24-13-17-14-27(10-11-28(17)20)21(29)30-22(2,3)4;/h5-9,15,17H,10-14H2,1-4H3,(H,23,24);1H. The Bertz CT molecular complexity index is 943. The number of ether oxygens (including phenoxy) is 1. The topological polar surface area (TPSA) is 96.1 Å². The Kier molecular flexibility index (Phi) is 7.63. The van der Waals surface area contributed by atoms with Crippen molar-refractivity contribution < 1.29 is 14.1 Å². The number of piperazine rings is 1. The molecule has 2 aromatic rings. The zero-order valence-corrected chi connectivity index (χ0v) is 21.3. The Morgan fingerprint density at radius 3 is 2.75 bits per heavy atom. The van der Waals surface area contributed by atoms with Crippen LogP contribution in [0, 0.1) is 0 Å². The van der Waals surface area contributed by atoms with E-state index in [0.29, 0.717) is 37.9 Å². The third kappa shape index (κ3) is 5.70. The molecule has 10 heteroatoms. The molecular weight excluding hydrogens is 523 g/mol. The molecule has 1 N–H and O–H groups in total. The van der Waals surface area contributed by atoms with Gasteiger partial charge in [0.1, 0.15) is 5.60 Å².